The minimum absolute atomic E-state index is 0.100. The van der Waals surface area contributed by atoms with Crippen LogP contribution in [0.25, 0.3) is 0 Å². The number of ether oxygens (including phenoxy) is 1. The van der Waals surface area contributed by atoms with Crippen molar-refractivity contribution in [1.82, 2.24) is 20.6 Å². The number of nitrogens with zero attached hydrogens (tertiary/aromatic N) is 2. The molecule has 1 heterocycles. The highest BCUT2D eigenvalue weighted by atomic mass is 35.5. The molecule has 0 spiro atoms. The lowest BCUT2D eigenvalue weighted by atomic mass is 9.80. The highest BCUT2D eigenvalue weighted by molar-refractivity contribution is 6.31. The normalized spacial score (nSPS) is 17.4. The topological polar surface area (TPSA) is 91.3 Å². The number of aromatic nitrogens is 2. The summed E-state index contributed by atoms with van der Waals surface area (Å²) in [4.78, 5) is 8.76. The third-order valence-corrected chi connectivity index (χ3v) is 8.71. The molecule has 7 nitrogen and oxygen atoms in total. The van der Waals surface area contributed by atoms with Gasteiger partial charge in [0.2, 0.25) is 5.95 Å². The van der Waals surface area contributed by atoms with Gasteiger partial charge in [0.25, 0.3) is 5.92 Å². The second-order valence-corrected chi connectivity index (χ2v) is 11.7. The Morgan fingerprint density at radius 3 is 2.52 bits per heavy atom. The quantitative estimate of drug-likeness (QED) is 0.169. The highest BCUT2D eigenvalue weighted by Crippen LogP contribution is 2.39. The van der Waals surface area contributed by atoms with Crippen LogP contribution in [-0.4, -0.2) is 41.8 Å². The predicted molar refractivity (Wildman–Crippen MR) is 158 cm³/mol. The average molecular weight is 582 g/mol. The Morgan fingerprint density at radius 2 is 1.93 bits per heavy atom. The lowest BCUT2D eigenvalue weighted by Crippen LogP contribution is -2.34. The highest BCUT2D eigenvalue weighted by Gasteiger charge is 2.32. The third-order valence-electron chi connectivity index (χ3n) is 8.39. The zero-order chi connectivity index (χ0) is 29.4. The Bertz CT molecular complexity index is 1090. The van der Waals surface area contributed by atoms with Gasteiger partial charge in [-0.15, -0.1) is 0 Å². The van der Waals surface area contributed by atoms with Crippen LogP contribution in [-0.2, 0) is 12.3 Å². The lowest BCUT2D eigenvalue weighted by Gasteiger charge is -2.27. The van der Waals surface area contributed by atoms with Gasteiger partial charge in [0.05, 0.1) is 29.1 Å². The van der Waals surface area contributed by atoms with E-state index in [2.05, 4.69) is 46.7 Å². The molecule has 0 saturated heterocycles. The zero-order valence-corrected chi connectivity index (χ0v) is 25.4. The van der Waals surface area contributed by atoms with E-state index >= 15 is 0 Å². The van der Waals surface area contributed by atoms with E-state index in [0.717, 1.165) is 26.3 Å². The second kappa shape index (κ2) is 14.7. The van der Waals surface area contributed by atoms with Crippen molar-refractivity contribution in [2.75, 3.05) is 26.0 Å². The molecule has 1 saturated carbocycles. The van der Waals surface area contributed by atoms with E-state index in [9.17, 15) is 13.9 Å². The molecule has 0 amide bonds. The smallest absolute Gasteiger partial charge is 0.273 e. The minimum Gasteiger partial charge on any atom is -0.495 e. The van der Waals surface area contributed by atoms with Gasteiger partial charge in [0.15, 0.2) is 0 Å². The molecule has 1 aliphatic carbocycles. The van der Waals surface area contributed by atoms with Crippen molar-refractivity contribution < 1.29 is 18.6 Å². The first-order valence-electron chi connectivity index (χ1n) is 14.5. The molecule has 0 aliphatic heterocycles. The second-order valence-electron chi connectivity index (χ2n) is 11.3. The fourth-order valence-electron chi connectivity index (χ4n) is 5.64. The van der Waals surface area contributed by atoms with Crippen LogP contribution in [0.2, 0.25) is 5.02 Å². The van der Waals surface area contributed by atoms with Crippen LogP contribution in [0.1, 0.15) is 89.3 Å². The average Bonchev–Trinajstić information content (AvgIpc) is 3.45. The van der Waals surface area contributed by atoms with E-state index in [1.54, 1.807) is 12.1 Å². The summed E-state index contributed by atoms with van der Waals surface area (Å²) in [5.74, 6) is -1.21. The number of hydrogen-bond donors (Lipinski definition) is 4. The van der Waals surface area contributed by atoms with E-state index < -0.39 is 12.2 Å². The molecule has 1 aromatic heterocycles. The van der Waals surface area contributed by atoms with Gasteiger partial charge in [-0.1, -0.05) is 58.1 Å². The van der Waals surface area contributed by atoms with E-state index in [1.807, 2.05) is 7.05 Å². The minimum atomic E-state index is -3.06. The predicted octanol–water partition coefficient (Wildman–Crippen LogP) is 6.97. The maximum atomic E-state index is 14.5. The van der Waals surface area contributed by atoms with Crippen LogP contribution in [0.5, 0.6) is 5.75 Å². The van der Waals surface area contributed by atoms with E-state index in [4.69, 9.17) is 16.3 Å². The van der Waals surface area contributed by atoms with Crippen molar-refractivity contribution in [2.24, 2.45) is 17.8 Å². The van der Waals surface area contributed by atoms with Gasteiger partial charge in [0.1, 0.15) is 12.0 Å². The van der Waals surface area contributed by atoms with Gasteiger partial charge < -0.3 is 20.5 Å². The molecule has 4 unspecified atom stereocenters. The van der Waals surface area contributed by atoms with Crippen LogP contribution in [0.3, 0.4) is 0 Å². The van der Waals surface area contributed by atoms with Gasteiger partial charge in [-0.05, 0) is 62.7 Å². The molecular formula is C30H46ClF2N5O2. The summed E-state index contributed by atoms with van der Waals surface area (Å²) >= 11 is 6.58. The third kappa shape index (κ3) is 8.47. The Balaban J connectivity index is 1.84. The van der Waals surface area contributed by atoms with E-state index in [-0.39, 0.29) is 23.5 Å². The monoisotopic (exact) mass is 581 g/mol. The molecule has 4 atom stereocenters. The summed E-state index contributed by atoms with van der Waals surface area (Å²) in [5.41, 5.74) is 1.14. The van der Waals surface area contributed by atoms with Crippen molar-refractivity contribution >= 4 is 23.2 Å². The van der Waals surface area contributed by atoms with Crippen molar-refractivity contribution in [3.05, 3.63) is 40.2 Å². The molecule has 1 aliphatic rings. The fraction of sp³-hybridized carbons (Fsp3) is 0.667. The molecule has 3 rings (SSSR count). The van der Waals surface area contributed by atoms with Gasteiger partial charge in [-0.25, -0.2) is 18.7 Å². The van der Waals surface area contributed by atoms with Crippen LogP contribution in [0, 0.1) is 17.8 Å². The summed E-state index contributed by atoms with van der Waals surface area (Å²) in [7, 11) is 3.40. The molecule has 10 heteroatoms. The van der Waals surface area contributed by atoms with E-state index in [1.165, 1.54) is 39.0 Å². The first kappa shape index (κ1) is 32.4. The van der Waals surface area contributed by atoms with Crippen molar-refractivity contribution in [2.45, 2.75) is 90.8 Å². The van der Waals surface area contributed by atoms with Crippen LogP contribution >= 0.6 is 11.6 Å². The summed E-state index contributed by atoms with van der Waals surface area (Å²) in [6.07, 6.45) is 7.25. The maximum Gasteiger partial charge on any atom is 0.273 e. The Labute approximate surface area is 242 Å². The van der Waals surface area contributed by atoms with Gasteiger partial charge in [-0.3, -0.25) is 5.32 Å². The number of alkyl halides is 2. The number of hydrogen-bond acceptors (Lipinski definition) is 7. The maximum absolute atomic E-state index is 14.5. The Kier molecular flexibility index (Phi) is 11.9. The van der Waals surface area contributed by atoms with Crippen molar-refractivity contribution in [3.63, 3.8) is 0 Å². The fourth-order valence-corrected chi connectivity index (χ4v) is 5.91. The van der Waals surface area contributed by atoms with Crippen LogP contribution < -0.4 is 20.7 Å². The molecule has 4 N–H and O–H groups in total. The van der Waals surface area contributed by atoms with E-state index in [0.29, 0.717) is 46.0 Å². The summed E-state index contributed by atoms with van der Waals surface area (Å²) in [5, 5.41) is 20.6. The standard InChI is InChI=1S/C30H46ClF2N5O2/c1-7-21(12-13-34-5)36-28(39)22-15-27(40-6)26(16-24(22)31)38-29-35-17-23(30(4,32)33)25(37-29)14-18(2)19(3)20-10-8-9-11-20/h15-21,28,34,36,39H,7-14H2,1-6H3,(H,35,37,38). The number of aliphatic hydroxyl groups is 1. The first-order valence-corrected chi connectivity index (χ1v) is 14.8. The molecule has 1 aromatic carbocycles. The number of aliphatic hydroxyl groups excluding tert-OH is 1. The SMILES string of the molecule is CCC(CCNC)NC(O)c1cc(OC)c(Nc2ncc(C(C)(F)F)c(CC(C)C(C)C3CCCC3)n2)cc1Cl. The summed E-state index contributed by atoms with van der Waals surface area (Å²) in [6, 6.07) is 3.39. The molecule has 224 valence electrons. The summed E-state index contributed by atoms with van der Waals surface area (Å²) in [6.45, 7) is 8.11. The van der Waals surface area contributed by atoms with Crippen LogP contribution in [0.4, 0.5) is 20.4 Å². The Hall–Kier alpha value is -2.07. The van der Waals surface area contributed by atoms with Gasteiger partial charge in [-0.2, -0.15) is 0 Å². The number of anilines is 2. The number of methoxy groups -OCH3 is 1. The number of nitrogens with one attached hydrogen (secondary N) is 3. The summed E-state index contributed by atoms with van der Waals surface area (Å²) < 4.78 is 34.6. The number of halogens is 3. The van der Waals surface area contributed by atoms with Gasteiger partial charge in [0, 0.05) is 24.7 Å². The lowest BCUT2D eigenvalue weighted by molar-refractivity contribution is 0.0154. The Morgan fingerprint density at radius 1 is 1.23 bits per heavy atom. The number of rotatable bonds is 15. The molecule has 2 aromatic rings. The largest absolute Gasteiger partial charge is 0.495 e. The van der Waals surface area contributed by atoms with Crippen LogP contribution in [0.15, 0.2) is 18.3 Å². The zero-order valence-electron chi connectivity index (χ0n) is 24.7. The molecule has 0 bridgehead atoms. The number of benzene rings is 1. The first-order chi connectivity index (χ1) is 19.0. The molecule has 40 heavy (non-hydrogen) atoms. The molecule has 1 fully saturated rings. The molecular weight excluding hydrogens is 536 g/mol. The van der Waals surface area contributed by atoms with Crippen molar-refractivity contribution in [3.8, 4) is 5.75 Å². The molecule has 0 radical (unpaired) electrons. The van der Waals surface area contributed by atoms with Crippen molar-refractivity contribution in [1.29, 1.82) is 0 Å². The van der Waals surface area contributed by atoms with Gasteiger partial charge >= 0.3 is 0 Å².